The number of piperidine rings is 2. The standard InChI is InChI=1S/C22H26N2O3.C21H24N2O3.Y/c1-4-10-24(2)11-9-22-15-7-8-17(26-3)20(22)27-19-14(21(23)25)6-5-13(18(19)22)12-16(15)24;1-3-9-23-10-8-21-14-6-7-16(25-2)19(21)26-18-13(20(22)24)5-4-12(17(18)21)11-15(14)23;/h4-8,15-17,20H,1,9-12H2,2-3H3,(H-,23,25);3-7,14-16,19H,1,8-11H2,2H3,(H2,22,24);/p+1. The van der Waals surface area contributed by atoms with Crippen LogP contribution in [0.25, 0.3) is 0 Å². The molecule has 2 spiro atoms. The molecule has 11 atom stereocenters. The van der Waals surface area contributed by atoms with Crippen LogP contribution in [0.3, 0.4) is 0 Å². The third-order valence-corrected chi connectivity index (χ3v) is 14.5. The van der Waals surface area contributed by atoms with E-state index in [0.29, 0.717) is 46.5 Å². The molecule has 10 rings (SSSR count). The summed E-state index contributed by atoms with van der Waals surface area (Å²) < 4.78 is 25.5. The number of benzene rings is 2. The maximum absolute atomic E-state index is 12.1. The second kappa shape index (κ2) is 13.5. The molecule has 2 saturated heterocycles. The van der Waals surface area contributed by atoms with Crippen LogP contribution in [-0.2, 0) is 65.9 Å². The van der Waals surface area contributed by atoms with E-state index in [0.717, 1.165) is 56.3 Å². The van der Waals surface area contributed by atoms with Crippen molar-refractivity contribution in [1.82, 2.24) is 4.90 Å². The van der Waals surface area contributed by atoms with Crippen LogP contribution >= 0.6 is 0 Å². The summed E-state index contributed by atoms with van der Waals surface area (Å²) in [7, 11) is 5.81. The Hall–Kier alpha value is -3.12. The molecule has 4 aliphatic carbocycles. The molecule has 2 amide bonds. The molecule has 2 fully saturated rings. The van der Waals surface area contributed by atoms with Gasteiger partial charge in [-0.2, -0.15) is 0 Å². The van der Waals surface area contributed by atoms with Gasteiger partial charge in [0.2, 0.25) is 0 Å². The van der Waals surface area contributed by atoms with Crippen LogP contribution in [0.4, 0.5) is 0 Å². The van der Waals surface area contributed by atoms with Gasteiger partial charge in [-0.3, -0.25) is 14.5 Å². The summed E-state index contributed by atoms with van der Waals surface area (Å²) >= 11 is 0. The molecule has 2 aromatic rings. The van der Waals surface area contributed by atoms with E-state index < -0.39 is 11.8 Å². The van der Waals surface area contributed by atoms with Crippen molar-refractivity contribution in [2.75, 3.05) is 47.4 Å². The van der Waals surface area contributed by atoms with Gasteiger partial charge in [0.05, 0.1) is 36.7 Å². The number of hydrogen-bond acceptors (Lipinski definition) is 7. The molecule has 4 N–H and O–H groups in total. The summed E-state index contributed by atoms with van der Waals surface area (Å²) in [6.07, 6.45) is 16.5. The Bertz CT molecular complexity index is 2000. The number of hydrogen-bond donors (Lipinski definition) is 2. The van der Waals surface area contributed by atoms with Crippen molar-refractivity contribution in [2.24, 2.45) is 23.3 Å². The number of nitrogens with two attached hydrogens (primary N) is 2. The van der Waals surface area contributed by atoms with Crippen LogP contribution in [0.15, 0.2) is 73.9 Å². The molecule has 4 bridgehead atoms. The Morgan fingerprint density at radius 3 is 1.94 bits per heavy atom. The predicted molar refractivity (Wildman–Crippen MR) is 201 cm³/mol. The number of carbonyl (C=O) groups is 2. The van der Waals surface area contributed by atoms with Gasteiger partial charge in [-0.15, -0.1) is 6.58 Å². The average Bonchev–Trinajstić information content (AvgIpc) is 3.68. The van der Waals surface area contributed by atoms with E-state index in [2.05, 4.69) is 61.5 Å². The van der Waals surface area contributed by atoms with Crippen molar-refractivity contribution in [2.45, 2.75) is 73.0 Å². The third kappa shape index (κ3) is 4.92. The molecule has 1 radical (unpaired) electrons. The second-order valence-corrected chi connectivity index (χ2v) is 16.6. The number of ether oxygens (including phenoxy) is 4. The Labute approximate surface area is 343 Å². The maximum Gasteiger partial charge on any atom is 0.252 e. The zero-order valence-corrected chi connectivity index (χ0v) is 34.4. The molecule has 8 aliphatic rings. The summed E-state index contributed by atoms with van der Waals surface area (Å²) in [5, 5.41) is 0. The molecule has 4 aliphatic heterocycles. The van der Waals surface area contributed by atoms with Crippen molar-refractivity contribution < 1.29 is 65.7 Å². The van der Waals surface area contributed by atoms with Gasteiger partial charge in [-0.25, -0.2) is 0 Å². The van der Waals surface area contributed by atoms with Gasteiger partial charge in [0, 0.05) is 101 Å². The molecule has 11 unspecified atom stereocenters. The molecule has 0 aromatic heterocycles. The Balaban J connectivity index is 0.000000150. The number of nitrogens with zero attached hydrogens (tertiary/aromatic N) is 2. The zero-order chi connectivity index (χ0) is 37.0. The minimum Gasteiger partial charge on any atom is -0.485 e. The van der Waals surface area contributed by atoms with Crippen molar-refractivity contribution in [3.63, 3.8) is 0 Å². The first-order valence-electron chi connectivity index (χ1n) is 19.1. The fourth-order valence-electron chi connectivity index (χ4n) is 12.3. The first-order valence-corrected chi connectivity index (χ1v) is 19.1. The van der Waals surface area contributed by atoms with Crippen molar-refractivity contribution in [3.8, 4) is 11.5 Å². The Morgan fingerprint density at radius 1 is 0.852 bits per heavy atom. The number of likely N-dealkylation sites (tertiary alicyclic amines) is 2. The van der Waals surface area contributed by atoms with E-state index in [1.807, 2.05) is 24.3 Å². The number of methoxy groups -OCH3 is 2. The van der Waals surface area contributed by atoms with Crippen LogP contribution in [0.5, 0.6) is 11.5 Å². The van der Waals surface area contributed by atoms with E-state index in [9.17, 15) is 9.59 Å². The van der Waals surface area contributed by atoms with Gasteiger partial charge < -0.3 is 34.9 Å². The molecular weight excluding hydrogens is 757 g/mol. The molecule has 11 heteroatoms. The molecule has 2 aromatic carbocycles. The van der Waals surface area contributed by atoms with E-state index in [4.69, 9.17) is 30.4 Å². The summed E-state index contributed by atoms with van der Waals surface area (Å²) in [6.45, 7) is 11.9. The molecular formula is C43H51N4O6Y+. The zero-order valence-electron chi connectivity index (χ0n) is 31.5. The largest absolute Gasteiger partial charge is 0.485 e. The van der Waals surface area contributed by atoms with E-state index in [1.165, 1.54) is 22.3 Å². The molecule has 4 heterocycles. The summed E-state index contributed by atoms with van der Waals surface area (Å²) in [5.41, 5.74) is 17.1. The fourth-order valence-corrected chi connectivity index (χ4v) is 12.3. The first-order chi connectivity index (χ1) is 25.6. The molecule has 10 nitrogen and oxygen atoms in total. The number of likely N-dealkylation sites (N-methyl/N-ethyl adjacent to an activating group) is 1. The molecule has 281 valence electrons. The smallest absolute Gasteiger partial charge is 0.252 e. The van der Waals surface area contributed by atoms with Crippen molar-refractivity contribution in [1.29, 1.82) is 0 Å². The molecule has 54 heavy (non-hydrogen) atoms. The summed E-state index contributed by atoms with van der Waals surface area (Å²) in [4.78, 5) is 26.6. The van der Waals surface area contributed by atoms with Crippen molar-refractivity contribution in [3.05, 3.63) is 107 Å². The first kappa shape index (κ1) is 37.8. The van der Waals surface area contributed by atoms with Gasteiger partial charge in [0.15, 0.2) is 0 Å². The second-order valence-electron chi connectivity index (χ2n) is 16.6. The molecule has 0 saturated carbocycles. The number of quaternary nitrogens is 1. The van der Waals surface area contributed by atoms with E-state index in [-0.39, 0.29) is 68.0 Å². The monoisotopic (exact) mass is 808 g/mol. The number of carbonyl (C=O) groups excluding carboxylic acids is 2. The van der Waals surface area contributed by atoms with Crippen LogP contribution in [0.2, 0.25) is 0 Å². The van der Waals surface area contributed by atoms with E-state index in [1.54, 1.807) is 14.2 Å². The summed E-state index contributed by atoms with van der Waals surface area (Å²) in [6, 6.07) is 8.72. The van der Waals surface area contributed by atoms with Gasteiger partial charge in [-0.05, 0) is 48.7 Å². The number of rotatable bonds is 8. The normalized spacial score (nSPS) is 37.6. The van der Waals surface area contributed by atoms with Crippen molar-refractivity contribution >= 4 is 11.8 Å². The maximum atomic E-state index is 12.1. The van der Waals surface area contributed by atoms with Crippen LogP contribution in [0.1, 0.15) is 55.8 Å². The van der Waals surface area contributed by atoms with Crippen LogP contribution in [-0.4, -0.2) is 105 Å². The fraction of sp³-hybridized carbons (Fsp3) is 0.488. The van der Waals surface area contributed by atoms with Crippen LogP contribution in [0, 0.1) is 11.8 Å². The van der Waals surface area contributed by atoms with Gasteiger partial charge in [-0.1, -0.05) is 49.1 Å². The Kier molecular flexibility index (Phi) is 9.46. The number of primary amides is 2. The SMILES string of the molecule is C=CCN1CCC23c4c5ccc(C(N)=O)c4OC2C(OC)C=CC3C1C5.C=CC[N+]1(C)CCC23c4c5ccc(C(N)=O)c4OC2C(OC)C=CC3C1C5.[Y]. The predicted octanol–water partition coefficient (Wildman–Crippen LogP) is 3.75. The van der Waals surface area contributed by atoms with Gasteiger partial charge in [0.25, 0.3) is 11.8 Å². The van der Waals surface area contributed by atoms with Crippen LogP contribution < -0.4 is 20.9 Å². The van der Waals surface area contributed by atoms with Gasteiger partial charge in [0.1, 0.15) is 42.0 Å². The summed E-state index contributed by atoms with van der Waals surface area (Å²) in [5.74, 6) is 1.27. The van der Waals surface area contributed by atoms with Gasteiger partial charge >= 0.3 is 0 Å². The third-order valence-electron chi connectivity index (χ3n) is 14.5. The quantitative estimate of drug-likeness (QED) is 0.308. The van der Waals surface area contributed by atoms with E-state index >= 15 is 0 Å². The minimum absolute atomic E-state index is 0. The minimum atomic E-state index is -0.428. The topological polar surface area (TPSA) is 126 Å². The number of amides is 2. The Morgan fingerprint density at radius 2 is 1.41 bits per heavy atom. The average molecular weight is 809 g/mol.